The molecule has 0 atom stereocenters. The molecule has 94 valence electrons. The summed E-state index contributed by atoms with van der Waals surface area (Å²) >= 11 is 0. The van der Waals surface area contributed by atoms with Crippen molar-refractivity contribution < 1.29 is 24.2 Å². The van der Waals surface area contributed by atoms with Crippen LogP contribution in [0.5, 0.6) is 0 Å². The van der Waals surface area contributed by atoms with Crippen LogP contribution >= 0.6 is 0 Å². The fourth-order valence-corrected chi connectivity index (χ4v) is 1.08. The molecule has 0 saturated heterocycles. The molecule has 1 rings (SSSR count). The second-order valence-electron chi connectivity index (χ2n) is 3.06. The van der Waals surface area contributed by atoms with Gasteiger partial charge in [0, 0.05) is 5.56 Å². The van der Waals surface area contributed by atoms with E-state index in [1.54, 1.807) is 23.6 Å². The van der Waals surface area contributed by atoms with Crippen molar-refractivity contribution in [2.45, 2.75) is 0 Å². The topological polar surface area (TPSA) is 105 Å². The number of carboxylic acid groups (broad SMARTS) is 1. The SMILES string of the molecule is COC(=O)C(=O)N/N=C(\C(=O)O)c1ccccc1. The molecule has 0 aromatic heterocycles. The minimum Gasteiger partial charge on any atom is -0.476 e. The molecule has 2 N–H and O–H groups in total. The number of nitrogens with one attached hydrogen (secondary N) is 1. The number of amides is 1. The lowest BCUT2D eigenvalue weighted by Gasteiger charge is -2.02. The molecule has 0 heterocycles. The number of methoxy groups -OCH3 is 1. The van der Waals surface area contributed by atoms with E-state index in [1.807, 2.05) is 0 Å². The Morgan fingerprint density at radius 3 is 2.33 bits per heavy atom. The average molecular weight is 250 g/mol. The quantitative estimate of drug-likeness (QED) is 0.333. The van der Waals surface area contributed by atoms with Crippen molar-refractivity contribution in [1.82, 2.24) is 5.43 Å². The van der Waals surface area contributed by atoms with Crippen LogP contribution in [0.25, 0.3) is 0 Å². The van der Waals surface area contributed by atoms with E-state index in [2.05, 4.69) is 9.84 Å². The van der Waals surface area contributed by atoms with Gasteiger partial charge in [0.2, 0.25) is 0 Å². The lowest BCUT2D eigenvalue weighted by Crippen LogP contribution is -2.30. The maximum atomic E-state index is 11.0. The van der Waals surface area contributed by atoms with Crippen LogP contribution in [0.1, 0.15) is 5.56 Å². The molecule has 7 nitrogen and oxygen atoms in total. The van der Waals surface area contributed by atoms with Crippen molar-refractivity contribution in [1.29, 1.82) is 0 Å². The lowest BCUT2D eigenvalue weighted by atomic mass is 10.1. The normalized spacial score (nSPS) is 10.6. The highest BCUT2D eigenvalue weighted by molar-refractivity contribution is 6.43. The Bertz CT molecular complexity index is 495. The standard InChI is InChI=1S/C11H10N2O5/c1-18-11(17)9(14)13-12-8(10(15)16)7-5-3-2-4-6-7/h2-6H,1H3,(H,13,14)(H,15,16)/b12-8-. The predicted molar refractivity (Wildman–Crippen MR) is 60.8 cm³/mol. The summed E-state index contributed by atoms with van der Waals surface area (Å²) < 4.78 is 4.14. The number of benzene rings is 1. The van der Waals surface area contributed by atoms with E-state index in [-0.39, 0.29) is 5.71 Å². The van der Waals surface area contributed by atoms with Gasteiger partial charge >= 0.3 is 17.8 Å². The summed E-state index contributed by atoms with van der Waals surface area (Å²) in [7, 11) is 1.03. The maximum absolute atomic E-state index is 11.0. The third-order valence-electron chi connectivity index (χ3n) is 1.89. The van der Waals surface area contributed by atoms with Crippen molar-refractivity contribution in [2.24, 2.45) is 5.10 Å². The second kappa shape index (κ2) is 6.14. The molecule has 0 spiro atoms. The van der Waals surface area contributed by atoms with Crippen LogP contribution in [-0.2, 0) is 19.1 Å². The van der Waals surface area contributed by atoms with Crippen LogP contribution in [-0.4, -0.2) is 35.8 Å². The number of ether oxygens (including phenoxy) is 1. The smallest absolute Gasteiger partial charge is 0.398 e. The van der Waals surface area contributed by atoms with Gasteiger partial charge < -0.3 is 9.84 Å². The molecule has 0 saturated carbocycles. The van der Waals surface area contributed by atoms with Crippen molar-refractivity contribution in [2.75, 3.05) is 7.11 Å². The number of carboxylic acids is 1. The molecule has 0 radical (unpaired) electrons. The number of carbonyl (C=O) groups is 3. The number of hydrazone groups is 1. The Labute approximate surface area is 102 Å². The number of hydrogen-bond acceptors (Lipinski definition) is 5. The monoisotopic (exact) mass is 250 g/mol. The molecule has 0 fully saturated rings. The van der Waals surface area contributed by atoms with Gasteiger partial charge in [-0.1, -0.05) is 30.3 Å². The molecule has 1 amide bonds. The molecule has 0 unspecified atom stereocenters. The fraction of sp³-hybridized carbons (Fsp3) is 0.0909. The molecular formula is C11H10N2O5. The number of esters is 1. The number of nitrogens with zero attached hydrogens (tertiary/aromatic N) is 1. The number of hydrogen-bond donors (Lipinski definition) is 2. The minimum absolute atomic E-state index is 0.301. The third-order valence-corrected chi connectivity index (χ3v) is 1.89. The largest absolute Gasteiger partial charge is 0.476 e. The summed E-state index contributed by atoms with van der Waals surface area (Å²) in [5.41, 5.74) is 1.73. The van der Waals surface area contributed by atoms with Gasteiger partial charge in [-0.2, -0.15) is 5.10 Å². The highest BCUT2D eigenvalue weighted by atomic mass is 16.5. The van der Waals surface area contributed by atoms with Crippen LogP contribution in [0.15, 0.2) is 35.4 Å². The first kappa shape index (κ1) is 13.4. The van der Waals surface area contributed by atoms with Crippen LogP contribution in [0.3, 0.4) is 0 Å². The first-order chi connectivity index (χ1) is 8.56. The number of aliphatic carboxylic acids is 1. The zero-order valence-corrected chi connectivity index (χ0v) is 9.41. The van der Waals surface area contributed by atoms with E-state index >= 15 is 0 Å². The van der Waals surface area contributed by atoms with Gasteiger partial charge in [-0.15, -0.1) is 0 Å². The molecule has 0 aliphatic carbocycles. The highest BCUT2D eigenvalue weighted by Crippen LogP contribution is 2.01. The predicted octanol–water partition coefficient (Wildman–Crippen LogP) is -0.236. The zero-order chi connectivity index (χ0) is 13.5. The van der Waals surface area contributed by atoms with Gasteiger partial charge in [-0.25, -0.2) is 15.0 Å². The average Bonchev–Trinajstić information content (AvgIpc) is 2.38. The van der Waals surface area contributed by atoms with Gasteiger partial charge in [-0.3, -0.25) is 4.79 Å². The van der Waals surface area contributed by atoms with Gasteiger partial charge in [0.1, 0.15) is 0 Å². The molecule has 7 heteroatoms. The highest BCUT2D eigenvalue weighted by Gasteiger charge is 2.16. The Morgan fingerprint density at radius 1 is 1.22 bits per heavy atom. The Morgan fingerprint density at radius 2 is 1.83 bits per heavy atom. The summed E-state index contributed by atoms with van der Waals surface area (Å²) in [6.07, 6.45) is 0. The summed E-state index contributed by atoms with van der Waals surface area (Å²) in [5, 5.41) is 12.3. The van der Waals surface area contributed by atoms with Gasteiger partial charge in [-0.05, 0) is 0 Å². The van der Waals surface area contributed by atoms with E-state index in [0.717, 1.165) is 7.11 Å². The fourth-order valence-electron chi connectivity index (χ4n) is 1.08. The summed E-state index contributed by atoms with van der Waals surface area (Å²) in [6.45, 7) is 0. The van der Waals surface area contributed by atoms with Crippen LogP contribution < -0.4 is 5.43 Å². The molecule has 1 aromatic rings. The molecular weight excluding hydrogens is 240 g/mol. The van der Waals surface area contributed by atoms with E-state index in [4.69, 9.17) is 5.11 Å². The Balaban J connectivity index is 2.91. The first-order valence-corrected chi connectivity index (χ1v) is 4.81. The van der Waals surface area contributed by atoms with Crippen molar-refractivity contribution >= 4 is 23.6 Å². The third kappa shape index (κ3) is 3.41. The minimum atomic E-state index is -1.33. The second-order valence-corrected chi connectivity index (χ2v) is 3.06. The Hall–Kier alpha value is -2.70. The molecule has 0 aliphatic rings. The van der Waals surface area contributed by atoms with Crippen molar-refractivity contribution in [3.63, 3.8) is 0 Å². The number of carbonyl (C=O) groups excluding carboxylic acids is 2. The summed E-state index contributed by atoms with van der Waals surface area (Å²) in [5.74, 6) is -3.63. The van der Waals surface area contributed by atoms with Crippen molar-refractivity contribution in [3.05, 3.63) is 35.9 Å². The van der Waals surface area contributed by atoms with E-state index in [1.165, 1.54) is 12.1 Å². The molecule has 1 aromatic carbocycles. The Kier molecular flexibility index (Phi) is 4.56. The first-order valence-electron chi connectivity index (χ1n) is 4.81. The number of rotatable bonds is 3. The van der Waals surface area contributed by atoms with Crippen LogP contribution in [0.4, 0.5) is 0 Å². The maximum Gasteiger partial charge on any atom is 0.398 e. The summed E-state index contributed by atoms with van der Waals surface area (Å²) in [4.78, 5) is 32.8. The van der Waals surface area contributed by atoms with Gasteiger partial charge in [0.05, 0.1) is 7.11 Å². The molecule has 18 heavy (non-hydrogen) atoms. The van der Waals surface area contributed by atoms with Crippen LogP contribution in [0.2, 0.25) is 0 Å². The summed E-state index contributed by atoms with van der Waals surface area (Å²) in [6, 6.07) is 7.97. The van der Waals surface area contributed by atoms with E-state index in [0.29, 0.717) is 5.56 Å². The van der Waals surface area contributed by atoms with Gasteiger partial charge in [0.25, 0.3) is 0 Å². The van der Waals surface area contributed by atoms with Gasteiger partial charge in [0.15, 0.2) is 5.71 Å². The van der Waals surface area contributed by atoms with Crippen LogP contribution in [0, 0.1) is 0 Å². The van der Waals surface area contributed by atoms with E-state index in [9.17, 15) is 14.4 Å². The van der Waals surface area contributed by atoms with Crippen molar-refractivity contribution in [3.8, 4) is 0 Å². The lowest BCUT2D eigenvalue weighted by molar-refractivity contribution is -0.152. The van der Waals surface area contributed by atoms with E-state index < -0.39 is 17.8 Å². The molecule has 0 bridgehead atoms. The molecule has 0 aliphatic heterocycles. The zero-order valence-electron chi connectivity index (χ0n) is 9.41.